The number of para-hydroxylation sites is 2. The first-order valence-electron chi connectivity index (χ1n) is 8.51. The number of carbonyl (C=O) groups excluding carboxylic acids is 1. The fourth-order valence-corrected chi connectivity index (χ4v) is 3.11. The fraction of sp³-hybridized carbons (Fsp3) is 0.0476. The molecule has 132 valence electrons. The predicted octanol–water partition coefficient (Wildman–Crippen LogP) is 4.01. The van der Waals surface area contributed by atoms with E-state index in [4.69, 9.17) is 9.47 Å². The third-order valence-electron chi connectivity index (χ3n) is 4.49. The predicted molar refractivity (Wildman–Crippen MR) is 102 cm³/mol. The molecule has 5 rings (SSSR count). The Bertz CT molecular complexity index is 1150. The molecule has 3 aromatic carbocycles. The number of hydrogen-bond donors (Lipinski definition) is 1. The van der Waals surface area contributed by atoms with Crippen LogP contribution in [-0.2, 0) is 0 Å². The van der Waals surface area contributed by atoms with Gasteiger partial charge in [0.1, 0.15) is 6.33 Å². The molecular weight excluding hydrogens is 342 g/mol. The molecule has 0 saturated heterocycles. The van der Waals surface area contributed by atoms with Crippen molar-refractivity contribution in [1.82, 2.24) is 9.55 Å². The Morgan fingerprint density at radius 3 is 2.67 bits per heavy atom. The van der Waals surface area contributed by atoms with Crippen LogP contribution in [0.4, 0.5) is 5.69 Å². The van der Waals surface area contributed by atoms with Crippen LogP contribution in [0, 0.1) is 0 Å². The largest absolute Gasteiger partial charge is 0.454 e. The van der Waals surface area contributed by atoms with E-state index in [0.717, 1.165) is 16.7 Å². The monoisotopic (exact) mass is 357 g/mol. The van der Waals surface area contributed by atoms with Crippen LogP contribution in [0.2, 0.25) is 0 Å². The molecule has 0 saturated carbocycles. The molecule has 1 aliphatic heterocycles. The summed E-state index contributed by atoms with van der Waals surface area (Å²) in [5.74, 6) is 1.04. The molecule has 2 heterocycles. The van der Waals surface area contributed by atoms with Gasteiger partial charge in [0.05, 0.1) is 11.0 Å². The first-order valence-corrected chi connectivity index (χ1v) is 8.51. The Morgan fingerprint density at radius 1 is 0.963 bits per heavy atom. The van der Waals surface area contributed by atoms with E-state index in [1.54, 1.807) is 24.5 Å². The Labute approximate surface area is 155 Å². The quantitative estimate of drug-likeness (QED) is 0.602. The van der Waals surface area contributed by atoms with E-state index in [1.165, 1.54) is 0 Å². The van der Waals surface area contributed by atoms with Crippen LogP contribution in [0.3, 0.4) is 0 Å². The molecule has 0 fully saturated rings. The standard InChI is InChI=1S/C21H15N3O3/c25-21(14-5-10-19-20(11-14)27-13-26-19)23-15-6-8-16(9-7-15)24-12-22-17-3-1-2-4-18(17)24/h1-12H,13H2,(H,23,25). The Balaban J connectivity index is 1.37. The lowest BCUT2D eigenvalue weighted by molar-refractivity contribution is 0.102. The lowest BCUT2D eigenvalue weighted by Gasteiger charge is -2.08. The Hall–Kier alpha value is -3.80. The van der Waals surface area contributed by atoms with E-state index in [2.05, 4.69) is 10.3 Å². The van der Waals surface area contributed by atoms with Gasteiger partial charge in [0.2, 0.25) is 6.79 Å². The van der Waals surface area contributed by atoms with Crippen LogP contribution in [0.5, 0.6) is 11.5 Å². The van der Waals surface area contributed by atoms with Crippen molar-refractivity contribution >= 4 is 22.6 Å². The minimum Gasteiger partial charge on any atom is -0.454 e. The van der Waals surface area contributed by atoms with Crippen molar-refractivity contribution in [2.75, 3.05) is 12.1 Å². The number of nitrogens with zero attached hydrogens (tertiary/aromatic N) is 2. The van der Waals surface area contributed by atoms with E-state index in [1.807, 2.05) is 53.1 Å². The van der Waals surface area contributed by atoms with Gasteiger partial charge in [-0.1, -0.05) is 12.1 Å². The van der Waals surface area contributed by atoms with Gasteiger partial charge in [0.15, 0.2) is 11.5 Å². The number of carbonyl (C=O) groups is 1. The second-order valence-corrected chi connectivity index (χ2v) is 6.17. The minimum atomic E-state index is -0.200. The SMILES string of the molecule is O=C(Nc1ccc(-n2cnc3ccccc32)cc1)c1ccc2c(c1)OCO2. The molecule has 4 aromatic rings. The van der Waals surface area contributed by atoms with E-state index >= 15 is 0 Å². The average Bonchev–Trinajstić information content (AvgIpc) is 3.35. The smallest absolute Gasteiger partial charge is 0.255 e. The van der Waals surface area contributed by atoms with Gasteiger partial charge in [-0.15, -0.1) is 0 Å². The van der Waals surface area contributed by atoms with Crippen LogP contribution < -0.4 is 14.8 Å². The number of aromatic nitrogens is 2. The van der Waals surface area contributed by atoms with Crippen LogP contribution in [0.1, 0.15) is 10.4 Å². The summed E-state index contributed by atoms with van der Waals surface area (Å²) in [6, 6.07) is 20.7. The number of fused-ring (bicyclic) bond motifs is 2. The number of imidazole rings is 1. The lowest BCUT2D eigenvalue weighted by Crippen LogP contribution is -2.11. The summed E-state index contributed by atoms with van der Waals surface area (Å²) in [6.07, 6.45) is 1.80. The molecule has 1 amide bonds. The van der Waals surface area contributed by atoms with Gasteiger partial charge < -0.3 is 14.8 Å². The number of anilines is 1. The summed E-state index contributed by atoms with van der Waals surface area (Å²) in [5, 5.41) is 2.90. The summed E-state index contributed by atoms with van der Waals surface area (Å²) in [4.78, 5) is 16.9. The topological polar surface area (TPSA) is 65.4 Å². The van der Waals surface area contributed by atoms with E-state index < -0.39 is 0 Å². The fourth-order valence-electron chi connectivity index (χ4n) is 3.11. The molecule has 6 heteroatoms. The summed E-state index contributed by atoms with van der Waals surface area (Å²) >= 11 is 0. The van der Waals surface area contributed by atoms with Gasteiger partial charge in [0, 0.05) is 16.9 Å². The van der Waals surface area contributed by atoms with E-state index in [9.17, 15) is 4.79 Å². The summed E-state index contributed by atoms with van der Waals surface area (Å²) in [5.41, 5.74) is 4.19. The molecule has 0 unspecified atom stereocenters. The number of hydrogen-bond acceptors (Lipinski definition) is 4. The first-order chi connectivity index (χ1) is 13.3. The van der Waals surface area contributed by atoms with Crippen LogP contribution in [0.15, 0.2) is 73.1 Å². The third kappa shape index (κ3) is 2.77. The van der Waals surface area contributed by atoms with Gasteiger partial charge in [0.25, 0.3) is 5.91 Å². The highest BCUT2D eigenvalue weighted by Gasteiger charge is 2.16. The zero-order chi connectivity index (χ0) is 18.2. The van der Waals surface area contributed by atoms with Crippen molar-refractivity contribution < 1.29 is 14.3 Å². The maximum Gasteiger partial charge on any atom is 0.255 e. The normalized spacial score (nSPS) is 12.3. The van der Waals surface area contributed by atoms with Gasteiger partial charge >= 0.3 is 0 Å². The van der Waals surface area contributed by atoms with E-state index in [0.29, 0.717) is 22.7 Å². The average molecular weight is 357 g/mol. The van der Waals surface area contributed by atoms with Crippen molar-refractivity contribution in [1.29, 1.82) is 0 Å². The van der Waals surface area contributed by atoms with E-state index in [-0.39, 0.29) is 12.7 Å². The number of rotatable bonds is 3. The Kier molecular flexibility index (Phi) is 3.53. The first kappa shape index (κ1) is 15.5. The maximum atomic E-state index is 12.5. The molecule has 1 N–H and O–H groups in total. The minimum absolute atomic E-state index is 0.185. The van der Waals surface area contributed by atoms with Gasteiger partial charge in [-0.3, -0.25) is 9.36 Å². The zero-order valence-electron chi connectivity index (χ0n) is 14.3. The molecule has 1 aliphatic rings. The van der Waals surface area contributed by atoms with Crippen molar-refractivity contribution in [2.24, 2.45) is 0 Å². The Morgan fingerprint density at radius 2 is 1.78 bits per heavy atom. The van der Waals surface area contributed by atoms with Crippen molar-refractivity contribution in [3.05, 3.63) is 78.6 Å². The molecular formula is C21H15N3O3. The van der Waals surface area contributed by atoms with Crippen molar-refractivity contribution in [2.45, 2.75) is 0 Å². The number of nitrogens with one attached hydrogen (secondary N) is 1. The second-order valence-electron chi connectivity index (χ2n) is 6.17. The summed E-state index contributed by atoms with van der Waals surface area (Å²) < 4.78 is 12.6. The van der Waals surface area contributed by atoms with Gasteiger partial charge in [-0.2, -0.15) is 0 Å². The number of amides is 1. The number of ether oxygens (including phenoxy) is 2. The molecule has 6 nitrogen and oxygen atoms in total. The van der Waals surface area contributed by atoms with Crippen LogP contribution >= 0.6 is 0 Å². The lowest BCUT2D eigenvalue weighted by atomic mass is 10.2. The van der Waals surface area contributed by atoms with Crippen LogP contribution in [-0.4, -0.2) is 22.3 Å². The van der Waals surface area contributed by atoms with Gasteiger partial charge in [-0.05, 0) is 54.6 Å². The summed E-state index contributed by atoms with van der Waals surface area (Å²) in [6.45, 7) is 0.185. The molecule has 27 heavy (non-hydrogen) atoms. The van der Waals surface area contributed by atoms with Crippen LogP contribution in [0.25, 0.3) is 16.7 Å². The summed E-state index contributed by atoms with van der Waals surface area (Å²) in [7, 11) is 0. The highest BCUT2D eigenvalue weighted by Crippen LogP contribution is 2.32. The maximum absolute atomic E-state index is 12.5. The number of benzene rings is 3. The molecule has 1 aromatic heterocycles. The van der Waals surface area contributed by atoms with Crippen molar-refractivity contribution in [3.63, 3.8) is 0 Å². The zero-order valence-corrected chi connectivity index (χ0v) is 14.3. The molecule has 0 bridgehead atoms. The highest BCUT2D eigenvalue weighted by molar-refractivity contribution is 6.04. The van der Waals surface area contributed by atoms with Gasteiger partial charge in [-0.25, -0.2) is 4.98 Å². The third-order valence-corrected chi connectivity index (χ3v) is 4.49. The second kappa shape index (κ2) is 6.17. The highest BCUT2D eigenvalue weighted by atomic mass is 16.7. The molecule has 0 radical (unpaired) electrons. The van der Waals surface area contributed by atoms with Crippen molar-refractivity contribution in [3.8, 4) is 17.2 Å². The molecule has 0 atom stereocenters. The molecule has 0 spiro atoms. The molecule has 0 aliphatic carbocycles.